The SMILES string of the molecule is c1ccc(-c2cc(-c3ccccc3)cc(-c3cc(-c4cccnc4)c4ccc5c(-c6cc(-c7ccccc7)cc(-c7ccccc7)c6)cc(-c6cccnc6)c6ccc3c4c65)c2)cc1. The molecule has 0 spiro atoms. The maximum absolute atomic E-state index is 4.65. The van der Waals surface area contributed by atoms with E-state index in [1.807, 2.05) is 36.9 Å². The van der Waals surface area contributed by atoms with Crippen LogP contribution in [0.15, 0.2) is 243 Å². The third kappa shape index (κ3) is 6.61. The molecule has 0 aliphatic rings. The molecule has 0 bridgehead atoms. The first kappa shape index (κ1) is 37.3. The van der Waals surface area contributed by atoms with E-state index in [0.29, 0.717) is 0 Å². The van der Waals surface area contributed by atoms with Crippen molar-refractivity contribution < 1.29 is 0 Å². The Bertz CT molecular complexity index is 3250. The fourth-order valence-electron chi connectivity index (χ4n) is 9.75. The van der Waals surface area contributed by atoms with Gasteiger partial charge in [-0.2, -0.15) is 0 Å². The smallest absolute Gasteiger partial charge is 0.0346 e. The van der Waals surface area contributed by atoms with E-state index < -0.39 is 0 Å². The Labute approximate surface area is 372 Å². The lowest BCUT2D eigenvalue weighted by atomic mass is 9.81. The Morgan fingerprint density at radius 1 is 0.203 bits per heavy atom. The van der Waals surface area contributed by atoms with Gasteiger partial charge in [-0.15, -0.1) is 0 Å². The quantitative estimate of drug-likeness (QED) is 0.143. The third-order valence-electron chi connectivity index (χ3n) is 12.8. The number of pyridine rings is 2. The summed E-state index contributed by atoms with van der Waals surface area (Å²) in [5, 5.41) is 7.30. The molecule has 0 aliphatic carbocycles. The van der Waals surface area contributed by atoms with Crippen molar-refractivity contribution in [3.05, 3.63) is 243 Å². The first-order valence-electron chi connectivity index (χ1n) is 21.9. The van der Waals surface area contributed by atoms with E-state index in [2.05, 4.69) is 216 Å². The van der Waals surface area contributed by atoms with Gasteiger partial charge < -0.3 is 0 Å². The van der Waals surface area contributed by atoms with Gasteiger partial charge in [-0.05, 0) is 171 Å². The minimum absolute atomic E-state index is 1.08. The maximum Gasteiger partial charge on any atom is 0.0346 e. The van der Waals surface area contributed by atoms with E-state index in [1.165, 1.54) is 99.1 Å². The number of benzene rings is 10. The zero-order chi connectivity index (χ0) is 42.4. The van der Waals surface area contributed by atoms with E-state index in [-0.39, 0.29) is 0 Å². The highest BCUT2D eigenvalue weighted by Crippen LogP contribution is 2.49. The van der Waals surface area contributed by atoms with Crippen LogP contribution in [-0.2, 0) is 0 Å². The first-order valence-corrected chi connectivity index (χ1v) is 21.9. The molecule has 2 aromatic heterocycles. The van der Waals surface area contributed by atoms with Crippen LogP contribution in [0.25, 0.3) is 121 Å². The lowest BCUT2D eigenvalue weighted by Gasteiger charge is -2.22. The molecular formula is C62H40N2. The monoisotopic (exact) mass is 812 g/mol. The van der Waals surface area contributed by atoms with Crippen molar-refractivity contribution in [2.24, 2.45) is 0 Å². The molecule has 0 saturated heterocycles. The molecule has 0 fully saturated rings. The topological polar surface area (TPSA) is 25.8 Å². The number of hydrogen-bond donors (Lipinski definition) is 0. The Kier molecular flexibility index (Phi) is 9.20. The molecule has 2 heteroatoms. The molecule has 0 amide bonds. The fourth-order valence-corrected chi connectivity index (χ4v) is 9.75. The highest BCUT2D eigenvalue weighted by Gasteiger charge is 2.22. The molecule has 0 N–H and O–H groups in total. The van der Waals surface area contributed by atoms with Crippen LogP contribution in [0.3, 0.4) is 0 Å². The molecule has 0 atom stereocenters. The van der Waals surface area contributed by atoms with Gasteiger partial charge in [0.2, 0.25) is 0 Å². The van der Waals surface area contributed by atoms with Crippen molar-refractivity contribution in [3.8, 4) is 89.0 Å². The predicted molar refractivity (Wildman–Crippen MR) is 269 cm³/mol. The largest absolute Gasteiger partial charge is 0.264 e. The van der Waals surface area contributed by atoms with Crippen molar-refractivity contribution in [2.75, 3.05) is 0 Å². The standard InChI is InChI=1S/C62H40N2/c1-5-15-41(16-6-1)47-31-48(42-17-7-2-8-18-42)34-51(33-47)59-37-57(45-23-13-29-63-39-45)53-26-28-56-60(38-58(46-24-14-30-64-40-46)54-25-27-55(59)61(53)62(54)56)52-35-49(43-19-9-3-10-20-43)32-50(36-52)44-21-11-4-12-22-44/h1-40H. The Balaban J connectivity index is 1.21. The molecular weight excluding hydrogens is 773 g/mol. The van der Waals surface area contributed by atoms with E-state index >= 15 is 0 Å². The number of hydrogen-bond acceptors (Lipinski definition) is 2. The molecule has 298 valence electrons. The maximum atomic E-state index is 4.65. The van der Waals surface area contributed by atoms with Crippen molar-refractivity contribution in [3.63, 3.8) is 0 Å². The molecule has 2 nitrogen and oxygen atoms in total. The highest BCUT2D eigenvalue weighted by atomic mass is 14.6. The zero-order valence-electron chi connectivity index (χ0n) is 35.0. The second-order valence-corrected chi connectivity index (χ2v) is 16.6. The predicted octanol–water partition coefficient (Wildman–Crippen LogP) is 16.7. The van der Waals surface area contributed by atoms with Gasteiger partial charge in [0.1, 0.15) is 0 Å². The molecule has 0 aliphatic heterocycles. The molecule has 0 radical (unpaired) electrons. The van der Waals surface area contributed by atoms with E-state index in [0.717, 1.165) is 22.3 Å². The number of rotatable bonds is 8. The van der Waals surface area contributed by atoms with Crippen LogP contribution in [0, 0.1) is 0 Å². The summed E-state index contributed by atoms with van der Waals surface area (Å²) in [6.45, 7) is 0. The Morgan fingerprint density at radius 2 is 0.469 bits per heavy atom. The van der Waals surface area contributed by atoms with Crippen molar-refractivity contribution in [1.82, 2.24) is 9.97 Å². The average molecular weight is 813 g/mol. The van der Waals surface area contributed by atoms with Gasteiger partial charge in [0.15, 0.2) is 0 Å². The van der Waals surface area contributed by atoms with Crippen molar-refractivity contribution >= 4 is 32.3 Å². The lowest BCUT2D eigenvalue weighted by molar-refractivity contribution is 1.33. The molecule has 0 unspecified atom stereocenters. The van der Waals surface area contributed by atoms with Gasteiger partial charge in [-0.3, -0.25) is 9.97 Å². The van der Waals surface area contributed by atoms with E-state index in [9.17, 15) is 0 Å². The normalized spacial score (nSPS) is 11.4. The first-order chi connectivity index (χ1) is 31.7. The molecule has 10 aromatic carbocycles. The minimum Gasteiger partial charge on any atom is -0.264 e. The minimum atomic E-state index is 1.08. The highest BCUT2D eigenvalue weighted by molar-refractivity contribution is 6.32. The van der Waals surface area contributed by atoms with Gasteiger partial charge in [0, 0.05) is 35.9 Å². The Hall–Kier alpha value is -8.46. The van der Waals surface area contributed by atoms with Crippen LogP contribution in [0.2, 0.25) is 0 Å². The van der Waals surface area contributed by atoms with Crippen LogP contribution in [0.5, 0.6) is 0 Å². The van der Waals surface area contributed by atoms with Gasteiger partial charge >= 0.3 is 0 Å². The average Bonchev–Trinajstić information content (AvgIpc) is 3.39. The lowest BCUT2D eigenvalue weighted by Crippen LogP contribution is -1.95. The summed E-state index contributed by atoms with van der Waals surface area (Å²) in [4.78, 5) is 9.29. The summed E-state index contributed by atoms with van der Waals surface area (Å²) in [6, 6.07) is 79.7. The summed E-state index contributed by atoms with van der Waals surface area (Å²) >= 11 is 0. The van der Waals surface area contributed by atoms with E-state index in [4.69, 9.17) is 0 Å². The van der Waals surface area contributed by atoms with Crippen LogP contribution in [0.4, 0.5) is 0 Å². The molecule has 12 aromatic rings. The summed E-state index contributed by atoms with van der Waals surface area (Å²) < 4.78 is 0. The zero-order valence-corrected chi connectivity index (χ0v) is 35.0. The molecule has 2 heterocycles. The van der Waals surface area contributed by atoms with Crippen LogP contribution >= 0.6 is 0 Å². The van der Waals surface area contributed by atoms with Gasteiger partial charge in [0.05, 0.1) is 0 Å². The van der Waals surface area contributed by atoms with Crippen molar-refractivity contribution in [2.45, 2.75) is 0 Å². The summed E-state index contributed by atoms with van der Waals surface area (Å²) in [5.41, 5.74) is 18.6. The second kappa shape index (κ2) is 15.8. The Morgan fingerprint density at radius 3 is 0.750 bits per heavy atom. The molecule has 64 heavy (non-hydrogen) atoms. The second-order valence-electron chi connectivity index (χ2n) is 16.6. The summed E-state index contributed by atoms with van der Waals surface area (Å²) in [7, 11) is 0. The number of nitrogens with zero attached hydrogens (tertiary/aromatic N) is 2. The third-order valence-corrected chi connectivity index (χ3v) is 12.8. The van der Waals surface area contributed by atoms with Crippen LogP contribution in [0.1, 0.15) is 0 Å². The van der Waals surface area contributed by atoms with E-state index in [1.54, 1.807) is 0 Å². The van der Waals surface area contributed by atoms with Crippen LogP contribution < -0.4 is 0 Å². The van der Waals surface area contributed by atoms with Crippen molar-refractivity contribution in [1.29, 1.82) is 0 Å². The van der Waals surface area contributed by atoms with Crippen LogP contribution in [-0.4, -0.2) is 9.97 Å². The molecule has 0 saturated carbocycles. The summed E-state index contributed by atoms with van der Waals surface area (Å²) in [6.07, 6.45) is 7.71. The molecule has 12 rings (SSSR count). The number of aromatic nitrogens is 2. The van der Waals surface area contributed by atoms with Gasteiger partial charge in [-0.25, -0.2) is 0 Å². The van der Waals surface area contributed by atoms with Gasteiger partial charge in [0.25, 0.3) is 0 Å². The summed E-state index contributed by atoms with van der Waals surface area (Å²) in [5.74, 6) is 0. The van der Waals surface area contributed by atoms with Gasteiger partial charge in [-0.1, -0.05) is 158 Å². The fraction of sp³-hybridized carbons (Fsp3) is 0.